The van der Waals surface area contributed by atoms with Gasteiger partial charge in [-0.15, -0.1) is 11.3 Å². The van der Waals surface area contributed by atoms with Gasteiger partial charge in [-0.25, -0.2) is 15.0 Å². The number of thiophene rings is 1. The molecule has 0 bridgehead atoms. The van der Waals surface area contributed by atoms with E-state index in [4.69, 9.17) is 10.2 Å². The molecular formula is C19H22N6O2S. The highest BCUT2D eigenvalue weighted by molar-refractivity contribution is 7.13. The van der Waals surface area contributed by atoms with Gasteiger partial charge in [0, 0.05) is 25.3 Å². The van der Waals surface area contributed by atoms with Crippen LogP contribution in [0.25, 0.3) is 10.8 Å². The Bertz CT molecular complexity index is 942. The third-order valence-electron chi connectivity index (χ3n) is 4.87. The van der Waals surface area contributed by atoms with E-state index in [1.807, 2.05) is 29.5 Å². The molecule has 1 atom stereocenters. The monoisotopic (exact) mass is 398 g/mol. The molecule has 8 nitrogen and oxygen atoms in total. The third kappa shape index (κ3) is 4.20. The highest BCUT2D eigenvalue weighted by Crippen LogP contribution is 2.24. The van der Waals surface area contributed by atoms with E-state index in [-0.39, 0.29) is 18.4 Å². The van der Waals surface area contributed by atoms with Crippen molar-refractivity contribution in [1.82, 2.24) is 24.8 Å². The molecule has 1 saturated heterocycles. The Balaban J connectivity index is 1.31. The number of likely N-dealkylation sites (tertiary alicyclic amines) is 1. The topological polar surface area (TPSA) is 101 Å². The van der Waals surface area contributed by atoms with Gasteiger partial charge < -0.3 is 15.1 Å². The van der Waals surface area contributed by atoms with E-state index in [0.29, 0.717) is 36.3 Å². The van der Waals surface area contributed by atoms with E-state index in [1.54, 1.807) is 29.9 Å². The number of oxazole rings is 1. The van der Waals surface area contributed by atoms with Crippen molar-refractivity contribution in [3.05, 3.63) is 47.6 Å². The molecule has 2 N–H and O–H groups in total. The van der Waals surface area contributed by atoms with Gasteiger partial charge in [-0.2, -0.15) is 0 Å². The predicted octanol–water partition coefficient (Wildman–Crippen LogP) is 2.05. The number of hydrogen-bond donors (Lipinski definition) is 1. The van der Waals surface area contributed by atoms with Crippen LogP contribution >= 0.6 is 11.3 Å². The summed E-state index contributed by atoms with van der Waals surface area (Å²) in [5, 5.41) is 1.97. The molecule has 3 aromatic heterocycles. The molecule has 1 fully saturated rings. The molecule has 4 heterocycles. The average Bonchev–Trinajstić information content (AvgIpc) is 3.42. The van der Waals surface area contributed by atoms with Gasteiger partial charge >= 0.3 is 0 Å². The minimum atomic E-state index is 0.0714. The minimum absolute atomic E-state index is 0.0714. The smallest absolute Gasteiger partial charge is 0.236 e. The first kappa shape index (κ1) is 18.6. The summed E-state index contributed by atoms with van der Waals surface area (Å²) >= 11 is 1.56. The first-order chi connectivity index (χ1) is 13.6. The summed E-state index contributed by atoms with van der Waals surface area (Å²) in [6.07, 6.45) is 4.41. The number of hydrogen-bond acceptors (Lipinski definition) is 8. The van der Waals surface area contributed by atoms with Crippen molar-refractivity contribution in [3.8, 4) is 10.8 Å². The summed E-state index contributed by atoms with van der Waals surface area (Å²) < 4.78 is 5.50. The fourth-order valence-corrected chi connectivity index (χ4v) is 4.00. The van der Waals surface area contributed by atoms with Crippen molar-refractivity contribution in [3.63, 3.8) is 0 Å². The fraction of sp³-hybridized carbons (Fsp3) is 0.368. The molecule has 4 rings (SSSR count). The summed E-state index contributed by atoms with van der Waals surface area (Å²) in [7, 11) is 2.02. The maximum atomic E-state index is 12.7. The van der Waals surface area contributed by atoms with E-state index in [1.165, 1.54) is 0 Å². The zero-order valence-corrected chi connectivity index (χ0v) is 16.4. The van der Waals surface area contributed by atoms with Gasteiger partial charge in [0.1, 0.15) is 17.9 Å². The van der Waals surface area contributed by atoms with Crippen molar-refractivity contribution >= 4 is 23.1 Å². The van der Waals surface area contributed by atoms with Crippen LogP contribution < -0.4 is 5.73 Å². The molecule has 0 aliphatic carbocycles. The number of nitrogens with two attached hydrogens (primary N) is 1. The summed E-state index contributed by atoms with van der Waals surface area (Å²) in [5.74, 6) is 1.80. The highest BCUT2D eigenvalue weighted by atomic mass is 32.1. The van der Waals surface area contributed by atoms with Crippen LogP contribution in [0.5, 0.6) is 0 Å². The van der Waals surface area contributed by atoms with Crippen molar-refractivity contribution < 1.29 is 9.21 Å². The van der Waals surface area contributed by atoms with Gasteiger partial charge in [0.2, 0.25) is 11.8 Å². The van der Waals surface area contributed by atoms with Crippen LogP contribution in [0.2, 0.25) is 0 Å². The first-order valence-electron chi connectivity index (χ1n) is 9.12. The van der Waals surface area contributed by atoms with Crippen molar-refractivity contribution in [2.45, 2.75) is 25.4 Å². The summed E-state index contributed by atoms with van der Waals surface area (Å²) in [5.41, 5.74) is 6.39. The molecule has 0 radical (unpaired) electrons. The number of rotatable bonds is 6. The van der Waals surface area contributed by atoms with Gasteiger partial charge in [-0.05, 0) is 31.0 Å². The highest BCUT2D eigenvalue weighted by Gasteiger charge is 2.29. The SMILES string of the molecule is CN(Cc1nccc(N)n1)[C@@H]1CCN(C(=O)Cc2coc(-c3cccs3)n2)C1. The number of nitrogen functional groups attached to an aromatic ring is 1. The Hall–Kier alpha value is -2.78. The van der Waals surface area contributed by atoms with Crippen LogP contribution in [0.3, 0.4) is 0 Å². The Labute approximate surface area is 167 Å². The summed E-state index contributed by atoms with van der Waals surface area (Å²) in [6, 6.07) is 5.85. The van der Waals surface area contributed by atoms with E-state index in [0.717, 1.165) is 17.8 Å². The summed E-state index contributed by atoms with van der Waals surface area (Å²) in [6.45, 7) is 2.03. The number of nitrogens with zero attached hydrogens (tertiary/aromatic N) is 5. The van der Waals surface area contributed by atoms with E-state index in [9.17, 15) is 4.79 Å². The molecule has 28 heavy (non-hydrogen) atoms. The number of carbonyl (C=O) groups excluding carboxylic acids is 1. The fourth-order valence-electron chi connectivity index (χ4n) is 3.34. The van der Waals surface area contributed by atoms with Crippen molar-refractivity contribution in [2.75, 3.05) is 25.9 Å². The van der Waals surface area contributed by atoms with Crippen LogP contribution in [0.1, 0.15) is 17.9 Å². The first-order valence-corrected chi connectivity index (χ1v) is 10.00. The lowest BCUT2D eigenvalue weighted by Gasteiger charge is -2.24. The van der Waals surface area contributed by atoms with E-state index >= 15 is 0 Å². The Kier molecular flexibility index (Phi) is 5.36. The Morgan fingerprint density at radius 3 is 3.11 bits per heavy atom. The number of likely N-dealkylation sites (N-methyl/N-ethyl adjacent to an activating group) is 1. The Morgan fingerprint density at radius 2 is 2.32 bits per heavy atom. The second-order valence-corrected chi connectivity index (χ2v) is 7.84. The molecule has 3 aromatic rings. The lowest BCUT2D eigenvalue weighted by Crippen LogP contribution is -2.37. The molecular weight excluding hydrogens is 376 g/mol. The molecule has 1 aliphatic heterocycles. The number of amides is 1. The van der Waals surface area contributed by atoms with Gasteiger partial charge in [-0.3, -0.25) is 9.69 Å². The molecule has 1 amide bonds. The maximum Gasteiger partial charge on any atom is 0.236 e. The maximum absolute atomic E-state index is 12.7. The zero-order chi connectivity index (χ0) is 19.5. The second-order valence-electron chi connectivity index (χ2n) is 6.89. The summed E-state index contributed by atoms with van der Waals surface area (Å²) in [4.78, 5) is 30.6. The van der Waals surface area contributed by atoms with Crippen LogP contribution in [-0.4, -0.2) is 56.8 Å². The lowest BCUT2D eigenvalue weighted by molar-refractivity contribution is -0.129. The van der Waals surface area contributed by atoms with Gasteiger partial charge in [-0.1, -0.05) is 6.07 Å². The Morgan fingerprint density at radius 1 is 1.43 bits per heavy atom. The van der Waals surface area contributed by atoms with E-state index in [2.05, 4.69) is 19.9 Å². The normalized spacial score (nSPS) is 16.8. The molecule has 0 spiro atoms. The van der Waals surface area contributed by atoms with Crippen LogP contribution in [0.4, 0.5) is 5.82 Å². The molecule has 146 valence electrons. The standard InChI is InChI=1S/C19H22N6O2S/c1-24(11-17-21-6-4-16(20)23-17)14-5-7-25(10-14)18(26)9-13-12-27-19(22-13)15-3-2-8-28-15/h2-4,6,8,12,14H,5,7,9-11H2,1H3,(H2,20,21,23)/t14-/m1/s1. The minimum Gasteiger partial charge on any atom is -0.444 e. The van der Waals surface area contributed by atoms with Crippen LogP contribution in [-0.2, 0) is 17.8 Å². The van der Waals surface area contributed by atoms with Crippen molar-refractivity contribution in [1.29, 1.82) is 0 Å². The third-order valence-corrected chi connectivity index (χ3v) is 5.73. The molecule has 9 heteroatoms. The molecule has 1 aliphatic rings. The number of carbonyl (C=O) groups is 1. The average molecular weight is 398 g/mol. The van der Waals surface area contributed by atoms with Gasteiger partial charge in [0.05, 0.1) is 23.5 Å². The molecule has 0 saturated carbocycles. The second kappa shape index (κ2) is 8.07. The van der Waals surface area contributed by atoms with Crippen LogP contribution in [0, 0.1) is 0 Å². The predicted molar refractivity (Wildman–Crippen MR) is 106 cm³/mol. The molecule has 0 aromatic carbocycles. The number of aromatic nitrogens is 3. The zero-order valence-electron chi connectivity index (χ0n) is 15.6. The van der Waals surface area contributed by atoms with Crippen molar-refractivity contribution in [2.24, 2.45) is 0 Å². The van der Waals surface area contributed by atoms with Gasteiger partial charge in [0.25, 0.3) is 0 Å². The largest absolute Gasteiger partial charge is 0.444 e. The van der Waals surface area contributed by atoms with Gasteiger partial charge in [0.15, 0.2) is 0 Å². The lowest BCUT2D eigenvalue weighted by atomic mass is 10.2. The van der Waals surface area contributed by atoms with E-state index < -0.39 is 0 Å². The molecule has 0 unspecified atom stereocenters. The number of anilines is 1. The van der Waals surface area contributed by atoms with Crippen LogP contribution in [0.15, 0.2) is 40.5 Å². The quantitative estimate of drug-likeness (QED) is 0.678.